The van der Waals surface area contributed by atoms with Crippen molar-refractivity contribution >= 4 is 29.9 Å². The van der Waals surface area contributed by atoms with E-state index in [4.69, 9.17) is 4.42 Å². The van der Waals surface area contributed by atoms with Crippen molar-refractivity contribution in [2.75, 3.05) is 13.1 Å². The van der Waals surface area contributed by atoms with E-state index in [0.29, 0.717) is 12.4 Å². The van der Waals surface area contributed by atoms with E-state index >= 15 is 0 Å². The Bertz CT molecular complexity index is 574. The number of guanidine groups is 1. The summed E-state index contributed by atoms with van der Waals surface area (Å²) in [7, 11) is 0. The molecular formula is C15H25IN6O. The van der Waals surface area contributed by atoms with Crippen molar-refractivity contribution in [3.63, 3.8) is 0 Å². The van der Waals surface area contributed by atoms with Crippen LogP contribution in [0.5, 0.6) is 0 Å². The molecule has 0 radical (unpaired) electrons. The minimum atomic E-state index is 0. The molecule has 2 rings (SSSR count). The molecule has 0 aliphatic heterocycles. The van der Waals surface area contributed by atoms with Gasteiger partial charge in [-0.05, 0) is 33.3 Å². The molecule has 2 aromatic heterocycles. The molecule has 0 atom stereocenters. The maximum absolute atomic E-state index is 5.53. The molecule has 0 saturated carbocycles. The fourth-order valence-corrected chi connectivity index (χ4v) is 1.98. The summed E-state index contributed by atoms with van der Waals surface area (Å²) in [6, 6.07) is 1.93. The fraction of sp³-hybridized carbons (Fsp3) is 0.533. The van der Waals surface area contributed by atoms with E-state index < -0.39 is 0 Å². The van der Waals surface area contributed by atoms with Crippen LogP contribution in [-0.4, -0.2) is 33.8 Å². The smallest absolute Gasteiger partial charge is 0.216 e. The van der Waals surface area contributed by atoms with Gasteiger partial charge in [0.25, 0.3) is 0 Å². The highest BCUT2D eigenvalue weighted by Gasteiger charge is 2.05. The Kier molecular flexibility index (Phi) is 8.67. The van der Waals surface area contributed by atoms with Gasteiger partial charge in [-0.25, -0.2) is 9.98 Å². The molecule has 2 aromatic rings. The predicted molar refractivity (Wildman–Crippen MR) is 101 cm³/mol. The maximum atomic E-state index is 5.53. The van der Waals surface area contributed by atoms with Gasteiger partial charge in [0, 0.05) is 32.0 Å². The Hall–Kier alpha value is -1.58. The van der Waals surface area contributed by atoms with E-state index in [9.17, 15) is 0 Å². The van der Waals surface area contributed by atoms with Crippen LogP contribution >= 0.6 is 24.0 Å². The molecule has 23 heavy (non-hydrogen) atoms. The molecule has 0 aliphatic carbocycles. The summed E-state index contributed by atoms with van der Waals surface area (Å²) in [6.45, 7) is 8.85. The van der Waals surface area contributed by atoms with Crippen LogP contribution in [0.4, 0.5) is 0 Å². The van der Waals surface area contributed by atoms with Crippen LogP contribution in [-0.2, 0) is 13.1 Å². The minimum absolute atomic E-state index is 0. The third-order valence-electron chi connectivity index (χ3n) is 3.21. The number of nitrogens with one attached hydrogen (secondary N) is 2. The lowest BCUT2D eigenvalue weighted by molar-refractivity contribution is 0.472. The zero-order chi connectivity index (χ0) is 15.8. The van der Waals surface area contributed by atoms with Crippen LogP contribution in [0.1, 0.15) is 30.7 Å². The van der Waals surface area contributed by atoms with E-state index in [0.717, 1.165) is 43.5 Å². The second-order valence-corrected chi connectivity index (χ2v) is 4.99. The molecule has 0 amide bonds. The molecule has 2 N–H and O–H groups in total. The quantitative estimate of drug-likeness (QED) is 0.304. The average molecular weight is 432 g/mol. The van der Waals surface area contributed by atoms with Gasteiger partial charge >= 0.3 is 0 Å². The van der Waals surface area contributed by atoms with Gasteiger partial charge < -0.3 is 15.1 Å². The van der Waals surface area contributed by atoms with Crippen LogP contribution in [0.2, 0.25) is 0 Å². The molecule has 0 aromatic carbocycles. The molecule has 8 heteroatoms. The first-order valence-electron chi connectivity index (χ1n) is 7.61. The second-order valence-electron chi connectivity index (χ2n) is 4.99. The molecule has 0 unspecified atom stereocenters. The van der Waals surface area contributed by atoms with Crippen molar-refractivity contribution in [1.82, 2.24) is 25.4 Å². The van der Waals surface area contributed by atoms with Crippen LogP contribution < -0.4 is 10.6 Å². The van der Waals surface area contributed by atoms with Gasteiger partial charge in [-0.15, -0.1) is 24.0 Å². The fourth-order valence-electron chi connectivity index (χ4n) is 1.98. The number of nitrogens with zero attached hydrogens (tertiary/aromatic N) is 4. The van der Waals surface area contributed by atoms with Gasteiger partial charge in [-0.1, -0.05) is 0 Å². The minimum Gasteiger partial charge on any atom is -0.444 e. The third kappa shape index (κ3) is 6.59. The van der Waals surface area contributed by atoms with E-state index in [2.05, 4.69) is 25.7 Å². The Morgan fingerprint density at radius 2 is 2.17 bits per heavy atom. The van der Waals surface area contributed by atoms with Gasteiger partial charge in [-0.2, -0.15) is 5.10 Å². The zero-order valence-corrected chi connectivity index (χ0v) is 16.2. The lowest BCUT2D eigenvalue weighted by Gasteiger charge is -2.10. The van der Waals surface area contributed by atoms with Crippen LogP contribution in [0.3, 0.4) is 0 Å². The number of hydrogen-bond acceptors (Lipinski definition) is 4. The molecule has 0 aliphatic rings. The zero-order valence-electron chi connectivity index (χ0n) is 13.9. The van der Waals surface area contributed by atoms with E-state index in [1.165, 1.54) is 0 Å². The Morgan fingerprint density at radius 1 is 1.35 bits per heavy atom. The molecular weight excluding hydrogens is 407 g/mol. The Morgan fingerprint density at radius 3 is 2.78 bits per heavy atom. The van der Waals surface area contributed by atoms with Crippen LogP contribution in [0.15, 0.2) is 27.9 Å². The maximum Gasteiger partial charge on any atom is 0.216 e. The molecule has 0 bridgehead atoms. The Balaban J connectivity index is 0.00000264. The topological polar surface area (TPSA) is 80.3 Å². The van der Waals surface area contributed by atoms with Gasteiger partial charge in [-0.3, -0.25) is 4.68 Å². The predicted octanol–water partition coefficient (Wildman–Crippen LogP) is 2.25. The van der Waals surface area contributed by atoms with Crippen molar-refractivity contribution < 1.29 is 4.42 Å². The second kappa shape index (κ2) is 10.2. The Labute approximate surface area is 154 Å². The molecule has 0 saturated heterocycles. The molecule has 2 heterocycles. The van der Waals surface area contributed by atoms with Crippen LogP contribution in [0, 0.1) is 13.8 Å². The first-order chi connectivity index (χ1) is 10.7. The van der Waals surface area contributed by atoms with Crippen molar-refractivity contribution in [2.24, 2.45) is 4.99 Å². The molecule has 128 valence electrons. The van der Waals surface area contributed by atoms with Gasteiger partial charge in [0.2, 0.25) is 5.89 Å². The van der Waals surface area contributed by atoms with Crippen molar-refractivity contribution in [3.05, 3.63) is 35.8 Å². The van der Waals surface area contributed by atoms with E-state index in [1.807, 2.05) is 37.7 Å². The van der Waals surface area contributed by atoms with Crippen molar-refractivity contribution in [3.8, 4) is 0 Å². The lowest BCUT2D eigenvalue weighted by atomic mass is 10.4. The summed E-state index contributed by atoms with van der Waals surface area (Å²) >= 11 is 0. The number of hydrogen-bond donors (Lipinski definition) is 2. The molecule has 7 nitrogen and oxygen atoms in total. The van der Waals surface area contributed by atoms with E-state index in [-0.39, 0.29) is 24.0 Å². The highest BCUT2D eigenvalue weighted by atomic mass is 127. The van der Waals surface area contributed by atoms with Gasteiger partial charge in [0.1, 0.15) is 12.3 Å². The van der Waals surface area contributed by atoms with E-state index in [1.54, 1.807) is 6.20 Å². The van der Waals surface area contributed by atoms with Crippen molar-refractivity contribution in [1.29, 1.82) is 0 Å². The van der Waals surface area contributed by atoms with Crippen LogP contribution in [0.25, 0.3) is 0 Å². The third-order valence-corrected chi connectivity index (χ3v) is 3.21. The summed E-state index contributed by atoms with van der Waals surface area (Å²) < 4.78 is 7.45. The number of aromatic nitrogens is 3. The SMILES string of the molecule is CCNC(=NCc1nc(C)c(C)o1)NCCCn1cccn1.I. The highest BCUT2D eigenvalue weighted by Crippen LogP contribution is 2.08. The van der Waals surface area contributed by atoms with Gasteiger partial charge in [0.15, 0.2) is 5.96 Å². The number of halogens is 1. The lowest BCUT2D eigenvalue weighted by Crippen LogP contribution is -2.38. The summed E-state index contributed by atoms with van der Waals surface area (Å²) in [5.41, 5.74) is 0.919. The number of aliphatic imine (C=N–C) groups is 1. The standard InChI is InChI=1S/C15H24N6O.HI/c1-4-16-15(17-7-5-9-21-10-6-8-19-21)18-11-14-20-12(2)13(3)22-14;/h6,8,10H,4-5,7,9,11H2,1-3H3,(H2,16,17,18);1H. The number of aryl methyl sites for hydroxylation is 3. The van der Waals surface area contributed by atoms with Crippen molar-refractivity contribution in [2.45, 2.75) is 40.3 Å². The summed E-state index contributed by atoms with van der Waals surface area (Å²) in [4.78, 5) is 8.82. The molecule has 0 fully saturated rings. The average Bonchev–Trinajstić information content (AvgIpc) is 3.11. The summed E-state index contributed by atoms with van der Waals surface area (Å²) in [6.07, 6.45) is 4.73. The monoisotopic (exact) mass is 432 g/mol. The summed E-state index contributed by atoms with van der Waals surface area (Å²) in [5, 5.41) is 10.7. The van der Waals surface area contributed by atoms with Gasteiger partial charge in [0.05, 0.1) is 5.69 Å². The first kappa shape index (κ1) is 19.5. The number of oxazole rings is 1. The number of rotatable bonds is 7. The largest absolute Gasteiger partial charge is 0.444 e. The normalized spacial score (nSPS) is 11.2. The summed E-state index contributed by atoms with van der Waals surface area (Å²) in [5.74, 6) is 2.27. The highest BCUT2D eigenvalue weighted by molar-refractivity contribution is 14.0. The molecule has 0 spiro atoms. The first-order valence-corrected chi connectivity index (χ1v) is 7.61.